The molecular formula is C32H36BrCl2N3O4S. The van der Waals surface area contributed by atoms with Crippen molar-refractivity contribution in [3.05, 3.63) is 97.9 Å². The molecule has 0 heterocycles. The maximum absolute atomic E-state index is 14.3. The van der Waals surface area contributed by atoms with Crippen LogP contribution in [0.3, 0.4) is 0 Å². The highest BCUT2D eigenvalue weighted by Gasteiger charge is 2.34. The Morgan fingerprint density at radius 1 is 0.977 bits per heavy atom. The number of nitrogens with one attached hydrogen (secondary N) is 1. The van der Waals surface area contributed by atoms with E-state index in [1.165, 1.54) is 4.90 Å². The average molecular weight is 710 g/mol. The van der Waals surface area contributed by atoms with Gasteiger partial charge in [0.05, 0.1) is 11.9 Å². The highest BCUT2D eigenvalue weighted by Crippen LogP contribution is 2.29. The van der Waals surface area contributed by atoms with Gasteiger partial charge in [-0.2, -0.15) is 0 Å². The van der Waals surface area contributed by atoms with Gasteiger partial charge in [-0.1, -0.05) is 94.8 Å². The third-order valence-electron chi connectivity index (χ3n) is 7.72. The summed E-state index contributed by atoms with van der Waals surface area (Å²) >= 11 is 16.6. The minimum Gasteiger partial charge on any atom is -0.352 e. The quantitative estimate of drug-likeness (QED) is 0.234. The topological polar surface area (TPSA) is 86.8 Å². The first-order chi connectivity index (χ1) is 20.4. The molecule has 0 aromatic heterocycles. The molecule has 1 aliphatic carbocycles. The number of hydrogen-bond donors (Lipinski definition) is 1. The summed E-state index contributed by atoms with van der Waals surface area (Å²) in [5.74, 6) is -0.848. The van der Waals surface area contributed by atoms with Crippen molar-refractivity contribution >= 4 is 66.7 Å². The lowest BCUT2D eigenvalue weighted by atomic mass is 9.94. The minimum atomic E-state index is -3.88. The molecule has 0 spiro atoms. The number of benzene rings is 3. The van der Waals surface area contributed by atoms with E-state index in [-0.39, 0.29) is 24.9 Å². The molecule has 3 aromatic rings. The fourth-order valence-electron chi connectivity index (χ4n) is 5.35. The van der Waals surface area contributed by atoms with Gasteiger partial charge in [0.15, 0.2) is 0 Å². The first-order valence-electron chi connectivity index (χ1n) is 14.2. The van der Waals surface area contributed by atoms with Gasteiger partial charge < -0.3 is 10.2 Å². The molecule has 3 aromatic carbocycles. The number of nitrogens with zero attached hydrogens (tertiary/aromatic N) is 2. The van der Waals surface area contributed by atoms with Crippen LogP contribution in [0.15, 0.2) is 71.2 Å². The predicted molar refractivity (Wildman–Crippen MR) is 177 cm³/mol. The Bertz CT molecular complexity index is 1530. The third kappa shape index (κ3) is 8.97. The molecule has 4 rings (SSSR count). The summed E-state index contributed by atoms with van der Waals surface area (Å²) in [5, 5.41) is 3.88. The zero-order chi connectivity index (χ0) is 31.1. The second kappa shape index (κ2) is 14.9. The van der Waals surface area contributed by atoms with Gasteiger partial charge in [-0.15, -0.1) is 0 Å². The van der Waals surface area contributed by atoms with Gasteiger partial charge in [-0.3, -0.25) is 13.9 Å². The van der Waals surface area contributed by atoms with Gasteiger partial charge >= 0.3 is 0 Å². The number of carbonyl (C=O) groups excluding carboxylic acids is 2. The fraction of sp³-hybridized carbons (Fsp3) is 0.375. The molecule has 1 atom stereocenters. The first kappa shape index (κ1) is 33.3. The van der Waals surface area contributed by atoms with Crippen LogP contribution < -0.4 is 9.62 Å². The van der Waals surface area contributed by atoms with Crippen LogP contribution in [0.2, 0.25) is 10.0 Å². The number of halogens is 3. The highest BCUT2D eigenvalue weighted by atomic mass is 79.9. The van der Waals surface area contributed by atoms with E-state index in [0.717, 1.165) is 58.3 Å². The molecule has 7 nitrogen and oxygen atoms in total. The SMILES string of the molecule is Cc1cc(N(CC(=O)N(Cc2c(Cl)cccc2Cl)[C@H](Cc2ccccc2)C(=O)NC2CCCCC2)S(C)(=O)=O)ccc1Br. The molecule has 1 saturated carbocycles. The van der Waals surface area contributed by atoms with Crippen molar-refractivity contribution in [3.8, 4) is 0 Å². The van der Waals surface area contributed by atoms with Crippen LogP contribution in [-0.4, -0.2) is 50.0 Å². The zero-order valence-electron chi connectivity index (χ0n) is 24.2. The van der Waals surface area contributed by atoms with Crippen molar-refractivity contribution in [2.45, 2.75) is 64.1 Å². The van der Waals surface area contributed by atoms with Crippen LogP contribution >= 0.6 is 39.1 Å². The van der Waals surface area contributed by atoms with Gasteiger partial charge in [0, 0.05) is 39.1 Å². The van der Waals surface area contributed by atoms with E-state index < -0.39 is 28.5 Å². The van der Waals surface area contributed by atoms with Gasteiger partial charge in [-0.05, 0) is 61.2 Å². The zero-order valence-corrected chi connectivity index (χ0v) is 28.1. The molecule has 0 radical (unpaired) electrons. The molecule has 2 amide bonds. The Kier molecular flexibility index (Phi) is 11.6. The summed E-state index contributed by atoms with van der Waals surface area (Å²) in [6.07, 6.45) is 6.22. The molecule has 1 aliphatic rings. The maximum atomic E-state index is 14.3. The van der Waals surface area contributed by atoms with Crippen molar-refractivity contribution in [1.29, 1.82) is 0 Å². The van der Waals surface area contributed by atoms with Crippen molar-refractivity contribution in [2.24, 2.45) is 0 Å². The smallest absolute Gasteiger partial charge is 0.244 e. The molecule has 1 fully saturated rings. The molecule has 0 bridgehead atoms. The molecule has 230 valence electrons. The molecular weight excluding hydrogens is 673 g/mol. The second-order valence-corrected chi connectivity index (χ2v) is 14.5. The monoisotopic (exact) mass is 707 g/mol. The average Bonchev–Trinajstić information content (AvgIpc) is 2.97. The van der Waals surface area contributed by atoms with Crippen molar-refractivity contribution in [1.82, 2.24) is 10.2 Å². The van der Waals surface area contributed by atoms with Gasteiger partial charge in [0.1, 0.15) is 12.6 Å². The standard InChI is InChI=1S/C32H36BrCl2N3O4S/c1-22-18-25(16-17-27(22)33)38(43(2,41)42)21-31(39)37(20-26-28(34)14-9-15-29(26)35)30(19-23-10-5-3-6-11-23)32(40)36-24-12-7-4-8-13-24/h3,5-6,9-11,14-18,24,30H,4,7-8,12-13,19-21H2,1-2H3,(H,36,40)/t30-/m1/s1. The lowest BCUT2D eigenvalue weighted by Crippen LogP contribution is -2.55. The number of hydrogen-bond acceptors (Lipinski definition) is 4. The number of amides is 2. The number of anilines is 1. The van der Waals surface area contributed by atoms with E-state index in [4.69, 9.17) is 23.2 Å². The third-order valence-corrected chi connectivity index (χ3v) is 10.5. The largest absolute Gasteiger partial charge is 0.352 e. The minimum absolute atomic E-state index is 0.0126. The first-order valence-corrected chi connectivity index (χ1v) is 17.6. The summed E-state index contributed by atoms with van der Waals surface area (Å²) in [6, 6.07) is 18.6. The number of sulfonamides is 1. The molecule has 0 aliphatic heterocycles. The van der Waals surface area contributed by atoms with E-state index >= 15 is 0 Å². The molecule has 1 N–H and O–H groups in total. The molecule has 43 heavy (non-hydrogen) atoms. The van der Waals surface area contributed by atoms with Crippen LogP contribution in [0.25, 0.3) is 0 Å². The normalized spacial score (nSPS) is 14.6. The summed E-state index contributed by atoms with van der Waals surface area (Å²) in [5.41, 5.74) is 2.50. The Morgan fingerprint density at radius 2 is 1.63 bits per heavy atom. The van der Waals surface area contributed by atoms with Crippen LogP contribution in [0.4, 0.5) is 5.69 Å². The van der Waals surface area contributed by atoms with Gasteiger partial charge in [-0.25, -0.2) is 8.42 Å². The number of carbonyl (C=O) groups is 2. The lowest BCUT2D eigenvalue weighted by molar-refractivity contribution is -0.140. The van der Waals surface area contributed by atoms with Gasteiger partial charge in [0.25, 0.3) is 0 Å². The molecule has 0 saturated heterocycles. The lowest BCUT2D eigenvalue weighted by Gasteiger charge is -2.35. The Labute approximate surface area is 272 Å². The Morgan fingerprint density at radius 3 is 2.23 bits per heavy atom. The van der Waals surface area contributed by atoms with Crippen molar-refractivity contribution in [2.75, 3.05) is 17.1 Å². The maximum Gasteiger partial charge on any atom is 0.244 e. The van der Waals surface area contributed by atoms with Gasteiger partial charge in [0.2, 0.25) is 21.8 Å². The number of aryl methyl sites for hydroxylation is 1. The van der Waals surface area contributed by atoms with E-state index in [2.05, 4.69) is 21.2 Å². The van der Waals surface area contributed by atoms with E-state index in [1.54, 1.807) is 36.4 Å². The number of rotatable bonds is 11. The van der Waals surface area contributed by atoms with E-state index in [1.807, 2.05) is 37.3 Å². The van der Waals surface area contributed by atoms with Crippen molar-refractivity contribution in [3.63, 3.8) is 0 Å². The predicted octanol–water partition coefficient (Wildman–Crippen LogP) is 6.92. The van der Waals surface area contributed by atoms with Crippen LogP contribution in [0.1, 0.15) is 48.8 Å². The summed E-state index contributed by atoms with van der Waals surface area (Å²) in [4.78, 5) is 29.8. The summed E-state index contributed by atoms with van der Waals surface area (Å²) in [7, 11) is -3.88. The molecule has 11 heteroatoms. The fourth-order valence-corrected chi connectivity index (χ4v) is 6.95. The van der Waals surface area contributed by atoms with Crippen LogP contribution in [-0.2, 0) is 32.6 Å². The second-order valence-electron chi connectivity index (χ2n) is 11.0. The Balaban J connectivity index is 1.76. The Hall–Kier alpha value is -2.59. The van der Waals surface area contributed by atoms with E-state index in [9.17, 15) is 18.0 Å². The summed E-state index contributed by atoms with van der Waals surface area (Å²) < 4.78 is 27.9. The summed E-state index contributed by atoms with van der Waals surface area (Å²) in [6.45, 7) is 1.25. The van der Waals surface area contributed by atoms with Crippen LogP contribution in [0, 0.1) is 6.92 Å². The van der Waals surface area contributed by atoms with Crippen molar-refractivity contribution < 1.29 is 18.0 Å². The molecule has 0 unspecified atom stereocenters. The van der Waals surface area contributed by atoms with Crippen LogP contribution in [0.5, 0.6) is 0 Å². The highest BCUT2D eigenvalue weighted by molar-refractivity contribution is 9.10. The van der Waals surface area contributed by atoms with E-state index in [0.29, 0.717) is 21.3 Å².